The molecule has 0 saturated carbocycles. The molecule has 0 radical (unpaired) electrons. The topological polar surface area (TPSA) is 123 Å². The van der Waals surface area contributed by atoms with E-state index in [2.05, 4.69) is 20.6 Å². The van der Waals surface area contributed by atoms with Crippen molar-refractivity contribution in [2.75, 3.05) is 23.7 Å². The second-order valence-corrected chi connectivity index (χ2v) is 7.22. The molecule has 0 aliphatic carbocycles. The highest BCUT2D eigenvalue weighted by molar-refractivity contribution is 5.67. The Kier molecular flexibility index (Phi) is 6.51. The van der Waals surface area contributed by atoms with Crippen LogP contribution in [0.15, 0.2) is 24.5 Å². The predicted molar refractivity (Wildman–Crippen MR) is 108 cm³/mol. The number of aromatic nitrogens is 2. The van der Waals surface area contributed by atoms with Gasteiger partial charge in [-0.3, -0.25) is 0 Å². The minimum absolute atomic E-state index is 0.0574. The third-order valence-electron chi connectivity index (χ3n) is 4.59. The van der Waals surface area contributed by atoms with Gasteiger partial charge in [-0.2, -0.15) is 5.26 Å². The van der Waals surface area contributed by atoms with E-state index in [1.165, 1.54) is 17.3 Å². The van der Waals surface area contributed by atoms with Gasteiger partial charge in [-0.05, 0) is 32.0 Å². The minimum Gasteiger partial charge on any atom is -0.473 e. The van der Waals surface area contributed by atoms with Crippen LogP contribution in [0, 0.1) is 17.1 Å². The van der Waals surface area contributed by atoms with Gasteiger partial charge in [0.15, 0.2) is 11.4 Å². The van der Waals surface area contributed by atoms with Crippen LogP contribution in [0.5, 0.6) is 5.88 Å². The van der Waals surface area contributed by atoms with E-state index in [9.17, 15) is 14.4 Å². The zero-order valence-electron chi connectivity index (χ0n) is 16.7. The number of hydrogen-bond donors (Lipinski definition) is 3. The van der Waals surface area contributed by atoms with Gasteiger partial charge in [-0.15, -0.1) is 0 Å². The van der Waals surface area contributed by atoms with E-state index in [4.69, 9.17) is 9.84 Å². The lowest BCUT2D eigenvalue weighted by Gasteiger charge is -2.30. The van der Waals surface area contributed by atoms with Crippen molar-refractivity contribution in [3.05, 3.63) is 35.9 Å². The number of ether oxygens (including phenoxy) is 1. The molecular formula is C20H23FN6O3. The van der Waals surface area contributed by atoms with Crippen LogP contribution in [0.1, 0.15) is 32.3 Å². The molecule has 1 aliphatic rings. The molecule has 1 aliphatic heterocycles. The molecule has 10 heteroatoms. The predicted octanol–water partition coefficient (Wildman–Crippen LogP) is 3.57. The Hall–Kier alpha value is -3.61. The van der Waals surface area contributed by atoms with Crippen molar-refractivity contribution in [1.82, 2.24) is 14.9 Å². The Labute approximate surface area is 173 Å². The highest BCUT2D eigenvalue weighted by Crippen LogP contribution is 2.28. The number of likely N-dealkylation sites (tertiary alicyclic amines) is 1. The van der Waals surface area contributed by atoms with Crippen molar-refractivity contribution in [3.63, 3.8) is 0 Å². The smallest absolute Gasteiger partial charge is 0.407 e. The van der Waals surface area contributed by atoms with Gasteiger partial charge in [0.1, 0.15) is 24.3 Å². The highest BCUT2D eigenvalue weighted by Gasteiger charge is 2.25. The summed E-state index contributed by atoms with van der Waals surface area (Å²) in [5.41, 5.74) is 0.870. The molecule has 0 atom stereocenters. The maximum atomic E-state index is 14.5. The molecule has 0 spiro atoms. The Morgan fingerprint density at radius 1 is 1.37 bits per heavy atom. The van der Waals surface area contributed by atoms with Crippen LogP contribution in [0.3, 0.4) is 0 Å². The largest absolute Gasteiger partial charge is 0.473 e. The number of hydrogen-bond acceptors (Lipinski definition) is 7. The van der Waals surface area contributed by atoms with Crippen LogP contribution < -0.4 is 15.4 Å². The van der Waals surface area contributed by atoms with Gasteiger partial charge in [0.2, 0.25) is 5.88 Å². The summed E-state index contributed by atoms with van der Waals surface area (Å²) >= 11 is 0. The second kappa shape index (κ2) is 9.26. The zero-order chi connectivity index (χ0) is 21.7. The first-order chi connectivity index (χ1) is 14.4. The third-order valence-corrected chi connectivity index (χ3v) is 4.59. The van der Waals surface area contributed by atoms with Crippen molar-refractivity contribution in [2.24, 2.45) is 0 Å². The summed E-state index contributed by atoms with van der Waals surface area (Å²) in [6, 6.07) is 6.82. The summed E-state index contributed by atoms with van der Waals surface area (Å²) in [4.78, 5) is 20.4. The van der Waals surface area contributed by atoms with E-state index < -0.39 is 11.9 Å². The Morgan fingerprint density at radius 3 is 2.70 bits per heavy atom. The van der Waals surface area contributed by atoms with Crippen LogP contribution in [0.2, 0.25) is 0 Å². The summed E-state index contributed by atoms with van der Waals surface area (Å²) in [5.74, 6) is -0.275. The third kappa shape index (κ3) is 5.05. The first-order valence-electron chi connectivity index (χ1n) is 9.60. The summed E-state index contributed by atoms with van der Waals surface area (Å²) in [6.45, 7) is 4.61. The molecule has 3 N–H and O–H groups in total. The van der Waals surface area contributed by atoms with Crippen molar-refractivity contribution in [3.8, 4) is 11.9 Å². The van der Waals surface area contributed by atoms with Crippen LogP contribution in [-0.2, 0) is 0 Å². The number of nitrogens with zero attached hydrogens (tertiary/aromatic N) is 4. The van der Waals surface area contributed by atoms with Crippen LogP contribution in [-0.4, -0.2) is 51.3 Å². The number of nitrogens with one attached hydrogen (secondary N) is 2. The molecule has 30 heavy (non-hydrogen) atoms. The maximum Gasteiger partial charge on any atom is 0.407 e. The average molecular weight is 414 g/mol. The van der Waals surface area contributed by atoms with Crippen molar-refractivity contribution >= 4 is 23.3 Å². The molecule has 1 fully saturated rings. The molecule has 1 aromatic heterocycles. The molecule has 0 unspecified atom stereocenters. The first kappa shape index (κ1) is 21.1. The minimum atomic E-state index is -0.962. The fourth-order valence-electron chi connectivity index (χ4n) is 3.14. The summed E-state index contributed by atoms with van der Waals surface area (Å²) in [6.07, 6.45) is 0.980. The Bertz CT molecular complexity index is 954. The second-order valence-electron chi connectivity index (χ2n) is 7.22. The molecule has 0 bridgehead atoms. The van der Waals surface area contributed by atoms with E-state index in [1.807, 2.05) is 19.9 Å². The van der Waals surface area contributed by atoms with Gasteiger partial charge < -0.3 is 25.4 Å². The Balaban J connectivity index is 1.74. The van der Waals surface area contributed by atoms with Gasteiger partial charge in [-0.1, -0.05) is 0 Å². The van der Waals surface area contributed by atoms with Crippen molar-refractivity contribution < 1.29 is 19.0 Å². The number of amides is 1. The molecule has 1 amide bonds. The number of piperidine rings is 1. The number of halogens is 1. The van der Waals surface area contributed by atoms with E-state index in [-0.39, 0.29) is 35.1 Å². The maximum absolute atomic E-state index is 14.5. The molecule has 2 aromatic rings. The average Bonchev–Trinajstić information content (AvgIpc) is 2.70. The first-order valence-corrected chi connectivity index (χ1v) is 9.60. The van der Waals surface area contributed by atoms with Crippen LogP contribution in [0.4, 0.5) is 26.4 Å². The van der Waals surface area contributed by atoms with Crippen molar-refractivity contribution in [2.45, 2.75) is 38.8 Å². The van der Waals surface area contributed by atoms with Gasteiger partial charge >= 0.3 is 6.09 Å². The summed E-state index contributed by atoms with van der Waals surface area (Å²) < 4.78 is 20.3. The molecular weight excluding hydrogens is 391 g/mol. The number of anilines is 3. The van der Waals surface area contributed by atoms with Crippen LogP contribution >= 0.6 is 0 Å². The molecule has 3 rings (SSSR count). The number of rotatable bonds is 6. The van der Waals surface area contributed by atoms with E-state index in [0.717, 1.165) is 0 Å². The number of carboxylic acid groups (broad SMARTS) is 1. The molecule has 9 nitrogen and oxygen atoms in total. The molecule has 1 aromatic carbocycles. The normalized spacial score (nSPS) is 14.3. The lowest BCUT2D eigenvalue weighted by molar-refractivity contribution is 0.0869. The van der Waals surface area contributed by atoms with Crippen LogP contribution in [0.25, 0.3) is 0 Å². The number of nitriles is 1. The highest BCUT2D eigenvalue weighted by atomic mass is 19.1. The lowest BCUT2D eigenvalue weighted by Crippen LogP contribution is -2.41. The molecule has 2 heterocycles. The van der Waals surface area contributed by atoms with E-state index >= 15 is 0 Å². The van der Waals surface area contributed by atoms with E-state index in [0.29, 0.717) is 31.6 Å². The van der Waals surface area contributed by atoms with Gasteiger partial charge in [0, 0.05) is 37.7 Å². The quantitative estimate of drug-likeness (QED) is 0.655. The SMILES string of the molecule is CC(C)Nc1ccc(Nc2ncnc(OC3CCN(C(=O)O)CC3)c2C#N)c(F)c1. The summed E-state index contributed by atoms with van der Waals surface area (Å²) in [7, 11) is 0. The zero-order valence-corrected chi connectivity index (χ0v) is 16.7. The lowest BCUT2D eigenvalue weighted by atomic mass is 10.1. The fraction of sp³-hybridized carbons (Fsp3) is 0.400. The van der Waals surface area contributed by atoms with Gasteiger partial charge in [0.05, 0.1) is 5.69 Å². The van der Waals surface area contributed by atoms with Crippen molar-refractivity contribution in [1.29, 1.82) is 5.26 Å². The standard InChI is InChI=1S/C20H23FN6O3/c1-12(2)25-13-3-4-17(16(21)9-13)26-18-15(10-22)19(24-11-23-18)30-14-5-7-27(8-6-14)20(28)29/h3-4,9,11-12,14,25H,5-8H2,1-2H3,(H,28,29)(H,23,24,26). The molecule has 158 valence electrons. The fourth-order valence-corrected chi connectivity index (χ4v) is 3.14. The van der Waals surface area contributed by atoms with Gasteiger partial charge in [-0.25, -0.2) is 19.2 Å². The van der Waals surface area contributed by atoms with E-state index in [1.54, 1.807) is 12.1 Å². The Morgan fingerprint density at radius 2 is 2.10 bits per heavy atom. The number of carbonyl (C=O) groups is 1. The van der Waals surface area contributed by atoms with Gasteiger partial charge in [0.25, 0.3) is 0 Å². The monoisotopic (exact) mass is 414 g/mol. The molecule has 1 saturated heterocycles. The number of benzene rings is 1. The summed E-state index contributed by atoms with van der Waals surface area (Å²) in [5, 5.41) is 24.6.